The molecule has 0 unspecified atom stereocenters. The molecule has 31 heavy (non-hydrogen) atoms. The molecule has 0 saturated carbocycles. The van der Waals surface area contributed by atoms with E-state index in [1.165, 1.54) is 0 Å². The molecule has 0 saturated heterocycles. The maximum absolute atomic E-state index is 12.1. The van der Waals surface area contributed by atoms with E-state index >= 15 is 0 Å². The minimum atomic E-state index is -0.732. The molecule has 0 bridgehead atoms. The van der Waals surface area contributed by atoms with Crippen molar-refractivity contribution in [2.45, 2.75) is 19.9 Å². The number of benzene rings is 2. The average molecular weight is 444 g/mol. The lowest BCUT2D eigenvalue weighted by Gasteiger charge is -2.11. The van der Waals surface area contributed by atoms with Crippen LogP contribution in [0.4, 0.5) is 14.9 Å². The molecular formula is C23H23ClFN3O3. The van der Waals surface area contributed by atoms with Gasteiger partial charge in [0, 0.05) is 29.6 Å². The van der Waals surface area contributed by atoms with E-state index in [-0.39, 0.29) is 6.61 Å². The van der Waals surface area contributed by atoms with Crippen molar-refractivity contribution in [1.29, 1.82) is 5.26 Å². The summed E-state index contributed by atoms with van der Waals surface area (Å²) in [6, 6.07) is 15.1. The van der Waals surface area contributed by atoms with E-state index in [1.807, 2.05) is 37.3 Å². The Bertz CT molecular complexity index is 1090. The van der Waals surface area contributed by atoms with Crippen LogP contribution in [0.25, 0.3) is 22.2 Å². The van der Waals surface area contributed by atoms with Crippen LogP contribution in [-0.2, 0) is 11.3 Å². The molecule has 3 aromatic rings. The van der Waals surface area contributed by atoms with Crippen LogP contribution in [0.1, 0.15) is 18.9 Å². The van der Waals surface area contributed by atoms with Crippen molar-refractivity contribution in [3.8, 4) is 23.1 Å². The zero-order valence-corrected chi connectivity index (χ0v) is 17.9. The van der Waals surface area contributed by atoms with Crippen molar-refractivity contribution in [2.75, 3.05) is 31.1 Å². The first-order chi connectivity index (χ1) is 15.1. The smallest absolute Gasteiger partial charge is 0.411 e. The summed E-state index contributed by atoms with van der Waals surface area (Å²) >= 11 is 5.72. The van der Waals surface area contributed by atoms with Gasteiger partial charge in [-0.15, -0.1) is 11.6 Å². The van der Waals surface area contributed by atoms with Crippen molar-refractivity contribution in [3.05, 3.63) is 48.0 Å². The highest BCUT2D eigenvalue weighted by molar-refractivity contribution is 6.17. The van der Waals surface area contributed by atoms with Crippen molar-refractivity contribution in [1.82, 2.24) is 4.57 Å². The van der Waals surface area contributed by atoms with Crippen molar-refractivity contribution >= 4 is 34.3 Å². The van der Waals surface area contributed by atoms with Gasteiger partial charge in [-0.3, -0.25) is 5.32 Å². The third-order valence-electron chi connectivity index (χ3n) is 4.73. The lowest BCUT2D eigenvalue weighted by molar-refractivity contribution is 0.152. The predicted molar refractivity (Wildman–Crippen MR) is 120 cm³/mol. The monoisotopic (exact) mass is 443 g/mol. The summed E-state index contributed by atoms with van der Waals surface area (Å²) in [5, 5.41) is 13.3. The summed E-state index contributed by atoms with van der Waals surface area (Å²) in [5.41, 5.74) is 3.63. The minimum absolute atomic E-state index is 0.288. The summed E-state index contributed by atoms with van der Waals surface area (Å²) in [6.07, 6.45) is 0.0395. The fraction of sp³-hybridized carbons (Fsp3) is 0.304. The molecule has 2 aromatic carbocycles. The first kappa shape index (κ1) is 22.4. The molecule has 0 fully saturated rings. The van der Waals surface area contributed by atoms with Crippen LogP contribution >= 0.6 is 11.6 Å². The molecule has 162 valence electrons. The molecule has 0 atom stereocenters. The minimum Gasteiger partial charge on any atom is -0.493 e. The Labute approximate surface area is 185 Å². The van der Waals surface area contributed by atoms with Crippen LogP contribution in [0.3, 0.4) is 0 Å². The second-order valence-electron chi connectivity index (χ2n) is 6.68. The second-order valence-corrected chi connectivity index (χ2v) is 7.05. The number of fused-ring (bicyclic) bond motifs is 1. The summed E-state index contributed by atoms with van der Waals surface area (Å²) in [5.74, 6) is 1.27. The third kappa shape index (κ3) is 5.09. The number of ether oxygens (including phenoxy) is 2. The van der Waals surface area contributed by atoms with E-state index in [0.29, 0.717) is 30.3 Å². The average Bonchev–Trinajstić information content (AvgIpc) is 3.11. The number of nitriles is 1. The van der Waals surface area contributed by atoms with Crippen molar-refractivity contribution < 1.29 is 18.7 Å². The van der Waals surface area contributed by atoms with E-state index in [0.717, 1.165) is 34.3 Å². The zero-order chi connectivity index (χ0) is 22.2. The predicted octanol–water partition coefficient (Wildman–Crippen LogP) is 5.73. The molecule has 0 spiro atoms. The highest BCUT2D eigenvalue weighted by Crippen LogP contribution is 2.35. The van der Waals surface area contributed by atoms with Crippen LogP contribution in [-0.4, -0.2) is 36.4 Å². The number of nitrogens with zero attached hydrogens (tertiary/aromatic N) is 2. The third-order valence-corrected chi connectivity index (χ3v) is 4.99. The molecule has 8 heteroatoms. The molecule has 1 amide bonds. The van der Waals surface area contributed by atoms with Gasteiger partial charge in [0.2, 0.25) is 0 Å². The number of halogens is 2. The first-order valence-corrected chi connectivity index (χ1v) is 10.5. The number of carbonyl (C=O) groups excluding carboxylic acids is 1. The summed E-state index contributed by atoms with van der Waals surface area (Å²) in [6.45, 7) is 2.19. The van der Waals surface area contributed by atoms with E-state index in [4.69, 9.17) is 16.3 Å². The van der Waals surface area contributed by atoms with E-state index < -0.39 is 12.8 Å². The van der Waals surface area contributed by atoms with Gasteiger partial charge >= 0.3 is 6.09 Å². The first-order valence-electron chi connectivity index (χ1n) is 9.98. The van der Waals surface area contributed by atoms with Gasteiger partial charge in [-0.2, -0.15) is 5.26 Å². The number of amides is 1. The molecule has 0 aliphatic heterocycles. The van der Waals surface area contributed by atoms with Crippen LogP contribution in [0.15, 0.2) is 42.5 Å². The summed E-state index contributed by atoms with van der Waals surface area (Å²) in [4.78, 5) is 11.6. The lowest BCUT2D eigenvalue weighted by atomic mass is 10.1. The molecular weight excluding hydrogens is 421 g/mol. The van der Waals surface area contributed by atoms with E-state index in [9.17, 15) is 14.4 Å². The maximum atomic E-state index is 12.1. The highest BCUT2D eigenvalue weighted by Gasteiger charge is 2.18. The molecule has 0 radical (unpaired) electrons. The Morgan fingerprint density at radius 2 is 2.00 bits per heavy atom. The lowest BCUT2D eigenvalue weighted by Crippen LogP contribution is -2.14. The Hall–Kier alpha value is -3.24. The number of carbonyl (C=O) groups is 1. The van der Waals surface area contributed by atoms with Crippen LogP contribution < -0.4 is 10.1 Å². The van der Waals surface area contributed by atoms with Gasteiger partial charge in [0.1, 0.15) is 25.1 Å². The zero-order valence-electron chi connectivity index (χ0n) is 17.2. The Morgan fingerprint density at radius 3 is 2.65 bits per heavy atom. The normalized spacial score (nSPS) is 10.6. The largest absolute Gasteiger partial charge is 0.493 e. The van der Waals surface area contributed by atoms with Crippen molar-refractivity contribution in [3.63, 3.8) is 0 Å². The van der Waals surface area contributed by atoms with Crippen LogP contribution in [0.5, 0.6) is 5.75 Å². The van der Waals surface area contributed by atoms with Gasteiger partial charge < -0.3 is 14.0 Å². The fourth-order valence-corrected chi connectivity index (χ4v) is 3.51. The van der Waals surface area contributed by atoms with Gasteiger partial charge in [0.15, 0.2) is 0 Å². The number of rotatable bonds is 9. The molecule has 1 heterocycles. The quantitative estimate of drug-likeness (QED) is 0.338. The van der Waals surface area contributed by atoms with E-state index in [1.54, 1.807) is 12.1 Å². The molecule has 0 aliphatic rings. The SMILES string of the molecule is CCn1c(-c2ccc(NC(=O)OCCF)cc2)c(C#N)c2ccc(OCCCCl)cc21. The summed E-state index contributed by atoms with van der Waals surface area (Å²) in [7, 11) is 0. The van der Waals surface area contributed by atoms with Crippen LogP contribution in [0.2, 0.25) is 0 Å². The molecule has 0 aliphatic carbocycles. The molecule has 1 N–H and O–H groups in total. The second kappa shape index (κ2) is 10.7. The number of anilines is 1. The molecule has 1 aromatic heterocycles. The van der Waals surface area contributed by atoms with E-state index in [2.05, 4.69) is 20.7 Å². The van der Waals surface area contributed by atoms with Gasteiger partial charge in [0.25, 0.3) is 0 Å². The molecule has 3 rings (SSSR count). The Balaban J connectivity index is 1.95. The van der Waals surface area contributed by atoms with Gasteiger partial charge in [-0.05, 0) is 43.2 Å². The number of hydrogen-bond acceptors (Lipinski definition) is 4. The van der Waals surface area contributed by atoms with Crippen LogP contribution in [0, 0.1) is 11.3 Å². The maximum Gasteiger partial charge on any atom is 0.411 e. The molecule has 6 nitrogen and oxygen atoms in total. The van der Waals surface area contributed by atoms with Gasteiger partial charge in [-0.25, -0.2) is 9.18 Å². The fourth-order valence-electron chi connectivity index (χ4n) is 3.40. The van der Waals surface area contributed by atoms with Crippen molar-refractivity contribution in [2.24, 2.45) is 0 Å². The topological polar surface area (TPSA) is 76.3 Å². The number of alkyl halides is 2. The highest BCUT2D eigenvalue weighted by atomic mass is 35.5. The number of nitrogens with one attached hydrogen (secondary N) is 1. The number of aryl methyl sites for hydroxylation is 1. The van der Waals surface area contributed by atoms with Gasteiger partial charge in [-0.1, -0.05) is 12.1 Å². The Kier molecular flexibility index (Phi) is 7.74. The standard InChI is InChI=1S/C23H23ClFN3O3/c1-2-28-21-14-18(30-12-3-10-24)8-9-19(21)20(15-26)22(28)16-4-6-17(7-5-16)27-23(29)31-13-11-25/h4-9,14H,2-3,10-13H2,1H3,(H,27,29). The number of hydrogen-bond donors (Lipinski definition) is 1. The summed E-state index contributed by atoms with van der Waals surface area (Å²) < 4.78 is 24.6. The Morgan fingerprint density at radius 1 is 1.23 bits per heavy atom. The number of aromatic nitrogens is 1. The van der Waals surface area contributed by atoms with Gasteiger partial charge in [0.05, 0.1) is 23.4 Å².